The summed E-state index contributed by atoms with van der Waals surface area (Å²) in [6.07, 6.45) is 0. The highest BCUT2D eigenvalue weighted by Gasteiger charge is 2.18. The van der Waals surface area contributed by atoms with Crippen LogP contribution in [-0.2, 0) is 4.79 Å². The lowest BCUT2D eigenvalue weighted by Gasteiger charge is -2.08. The van der Waals surface area contributed by atoms with Gasteiger partial charge >= 0.3 is 11.6 Å². The van der Waals surface area contributed by atoms with Gasteiger partial charge in [-0.3, -0.25) is 9.59 Å². The van der Waals surface area contributed by atoms with Crippen LogP contribution in [-0.4, -0.2) is 23.0 Å². The van der Waals surface area contributed by atoms with Crippen LogP contribution in [0.15, 0.2) is 39.5 Å². The first kappa shape index (κ1) is 12.8. The number of carboxylic acid groups (broad SMARTS) is 1. The highest BCUT2D eigenvalue weighted by molar-refractivity contribution is 5.98. The Balaban J connectivity index is 2.39. The van der Waals surface area contributed by atoms with Gasteiger partial charge in [-0.05, 0) is 19.1 Å². The van der Waals surface area contributed by atoms with E-state index in [4.69, 9.17) is 9.52 Å². The van der Waals surface area contributed by atoms with Crippen molar-refractivity contribution in [1.29, 1.82) is 0 Å². The fourth-order valence-corrected chi connectivity index (χ4v) is 1.56. The molecule has 0 saturated carbocycles. The minimum absolute atomic E-state index is 0.216. The van der Waals surface area contributed by atoms with E-state index in [0.717, 1.165) is 0 Å². The number of fused-ring (bicyclic) bond motifs is 1. The van der Waals surface area contributed by atoms with Crippen molar-refractivity contribution in [3.63, 3.8) is 0 Å². The molecule has 98 valence electrons. The molecule has 6 heteroatoms. The molecule has 6 nitrogen and oxygen atoms in total. The van der Waals surface area contributed by atoms with Gasteiger partial charge in [-0.25, -0.2) is 4.79 Å². The van der Waals surface area contributed by atoms with E-state index in [1.807, 2.05) is 0 Å². The fraction of sp³-hybridized carbons (Fsp3) is 0.154. The van der Waals surface area contributed by atoms with Gasteiger partial charge in [-0.15, -0.1) is 0 Å². The first-order valence-corrected chi connectivity index (χ1v) is 5.55. The number of aliphatic carboxylic acids is 1. The Hall–Kier alpha value is -2.63. The van der Waals surface area contributed by atoms with Crippen molar-refractivity contribution < 1.29 is 19.1 Å². The summed E-state index contributed by atoms with van der Waals surface area (Å²) in [5.41, 5.74) is -0.643. The van der Waals surface area contributed by atoms with Crippen LogP contribution in [0.3, 0.4) is 0 Å². The lowest BCUT2D eigenvalue weighted by atomic mass is 10.1. The minimum atomic E-state index is -1.18. The number of nitrogens with one attached hydrogen (secondary N) is 1. The maximum atomic E-state index is 11.8. The summed E-state index contributed by atoms with van der Waals surface area (Å²) in [5, 5.41) is 11.5. The molecule has 0 aliphatic rings. The molecule has 1 atom stereocenters. The van der Waals surface area contributed by atoms with Crippen LogP contribution in [0.25, 0.3) is 11.0 Å². The number of amides is 1. The summed E-state index contributed by atoms with van der Waals surface area (Å²) in [5.74, 6) is -1.95. The number of carbonyl (C=O) groups is 2. The summed E-state index contributed by atoms with van der Waals surface area (Å²) in [6, 6.07) is 7.04. The predicted octanol–water partition coefficient (Wildman–Crippen LogP) is 0.996. The molecular weight excluding hydrogens is 250 g/mol. The molecule has 1 aromatic carbocycles. The van der Waals surface area contributed by atoms with Gasteiger partial charge in [0.15, 0.2) is 0 Å². The van der Waals surface area contributed by atoms with Gasteiger partial charge < -0.3 is 14.8 Å². The lowest BCUT2D eigenvalue weighted by molar-refractivity contribution is -0.138. The zero-order valence-corrected chi connectivity index (χ0v) is 10.0. The minimum Gasteiger partial charge on any atom is -0.480 e. The molecule has 0 radical (unpaired) electrons. The Kier molecular flexibility index (Phi) is 3.33. The highest BCUT2D eigenvalue weighted by atomic mass is 16.4. The molecule has 0 aliphatic heterocycles. The van der Waals surface area contributed by atoms with Crippen LogP contribution in [0, 0.1) is 0 Å². The molecule has 19 heavy (non-hydrogen) atoms. The Bertz CT molecular complexity index is 703. The van der Waals surface area contributed by atoms with Gasteiger partial charge in [-0.2, -0.15) is 0 Å². The van der Waals surface area contributed by atoms with Gasteiger partial charge in [0.25, 0.3) is 5.91 Å². The Morgan fingerprint density at radius 1 is 1.32 bits per heavy atom. The van der Waals surface area contributed by atoms with Crippen molar-refractivity contribution >= 4 is 22.8 Å². The lowest BCUT2D eigenvalue weighted by Crippen LogP contribution is -2.40. The van der Waals surface area contributed by atoms with Crippen LogP contribution in [0.5, 0.6) is 0 Å². The number of hydrogen-bond acceptors (Lipinski definition) is 4. The molecule has 1 amide bonds. The van der Waals surface area contributed by atoms with E-state index in [-0.39, 0.29) is 5.56 Å². The summed E-state index contributed by atoms with van der Waals surface area (Å²) >= 11 is 0. The van der Waals surface area contributed by atoms with E-state index in [2.05, 4.69) is 5.32 Å². The van der Waals surface area contributed by atoms with E-state index in [1.54, 1.807) is 24.3 Å². The molecule has 0 aliphatic carbocycles. The molecule has 2 N–H and O–H groups in total. The summed E-state index contributed by atoms with van der Waals surface area (Å²) in [6.45, 7) is 1.31. The van der Waals surface area contributed by atoms with Crippen molar-refractivity contribution in [2.75, 3.05) is 0 Å². The number of para-hydroxylation sites is 1. The first-order chi connectivity index (χ1) is 8.99. The Morgan fingerprint density at radius 2 is 2.00 bits per heavy atom. The van der Waals surface area contributed by atoms with Crippen LogP contribution < -0.4 is 10.9 Å². The van der Waals surface area contributed by atoms with Gasteiger partial charge in [0, 0.05) is 5.39 Å². The molecule has 2 rings (SSSR count). The summed E-state index contributed by atoms with van der Waals surface area (Å²) in [7, 11) is 0. The Labute approximate surface area is 107 Å². The standard InChI is InChI=1S/C13H11NO5/c1-7(12(16)17)14-11(15)9-6-8-4-2-3-5-10(8)19-13(9)18/h2-7H,1H3,(H,14,15)(H,16,17)/t7-/m1/s1. The SMILES string of the molecule is C[C@@H](NC(=O)c1cc2ccccc2oc1=O)C(=O)O. The largest absolute Gasteiger partial charge is 0.480 e. The normalized spacial score (nSPS) is 12.1. The van der Waals surface area contributed by atoms with Gasteiger partial charge in [-0.1, -0.05) is 18.2 Å². The van der Waals surface area contributed by atoms with Crippen molar-refractivity contribution in [3.05, 3.63) is 46.3 Å². The Morgan fingerprint density at radius 3 is 2.68 bits per heavy atom. The maximum Gasteiger partial charge on any atom is 0.349 e. The van der Waals surface area contributed by atoms with E-state index < -0.39 is 23.5 Å². The molecular formula is C13H11NO5. The molecule has 0 bridgehead atoms. The third kappa shape index (κ3) is 2.62. The van der Waals surface area contributed by atoms with E-state index in [0.29, 0.717) is 11.0 Å². The van der Waals surface area contributed by atoms with Gasteiger partial charge in [0.1, 0.15) is 17.2 Å². The number of carbonyl (C=O) groups excluding carboxylic acids is 1. The second kappa shape index (κ2) is 4.93. The zero-order chi connectivity index (χ0) is 14.0. The highest BCUT2D eigenvalue weighted by Crippen LogP contribution is 2.12. The second-order valence-electron chi connectivity index (χ2n) is 4.02. The number of benzene rings is 1. The smallest absolute Gasteiger partial charge is 0.349 e. The molecule has 0 fully saturated rings. The van der Waals surface area contributed by atoms with E-state index >= 15 is 0 Å². The molecule has 2 aromatic rings. The van der Waals surface area contributed by atoms with Crippen molar-refractivity contribution in [2.45, 2.75) is 13.0 Å². The third-order valence-corrected chi connectivity index (χ3v) is 2.60. The van der Waals surface area contributed by atoms with Crippen molar-refractivity contribution in [2.24, 2.45) is 0 Å². The number of hydrogen-bond donors (Lipinski definition) is 2. The third-order valence-electron chi connectivity index (χ3n) is 2.60. The van der Waals surface area contributed by atoms with Crippen molar-refractivity contribution in [1.82, 2.24) is 5.32 Å². The van der Waals surface area contributed by atoms with Crippen LogP contribution in [0.2, 0.25) is 0 Å². The van der Waals surface area contributed by atoms with E-state index in [9.17, 15) is 14.4 Å². The summed E-state index contributed by atoms with van der Waals surface area (Å²) < 4.78 is 4.99. The molecule has 0 saturated heterocycles. The monoisotopic (exact) mass is 261 g/mol. The quantitative estimate of drug-likeness (QED) is 0.803. The zero-order valence-electron chi connectivity index (χ0n) is 10.0. The van der Waals surface area contributed by atoms with Crippen LogP contribution in [0.1, 0.15) is 17.3 Å². The first-order valence-electron chi connectivity index (χ1n) is 5.55. The number of rotatable bonds is 3. The van der Waals surface area contributed by atoms with Crippen molar-refractivity contribution in [3.8, 4) is 0 Å². The average Bonchev–Trinajstić information content (AvgIpc) is 2.37. The topological polar surface area (TPSA) is 96.6 Å². The molecule has 0 spiro atoms. The molecule has 0 unspecified atom stereocenters. The summed E-state index contributed by atoms with van der Waals surface area (Å²) in [4.78, 5) is 34.1. The van der Waals surface area contributed by atoms with Crippen LogP contribution in [0.4, 0.5) is 0 Å². The van der Waals surface area contributed by atoms with Crippen LogP contribution >= 0.6 is 0 Å². The maximum absolute atomic E-state index is 11.8. The average molecular weight is 261 g/mol. The van der Waals surface area contributed by atoms with E-state index in [1.165, 1.54) is 13.0 Å². The van der Waals surface area contributed by atoms with Gasteiger partial charge in [0.2, 0.25) is 0 Å². The molecule has 1 aromatic heterocycles. The van der Waals surface area contributed by atoms with Gasteiger partial charge in [0.05, 0.1) is 0 Å². The molecule has 1 heterocycles. The predicted molar refractivity (Wildman–Crippen MR) is 67.0 cm³/mol. The fourth-order valence-electron chi connectivity index (χ4n) is 1.56. The number of carboxylic acids is 1. The second-order valence-corrected chi connectivity index (χ2v) is 4.02.